The monoisotopic (exact) mass is 310 g/mol. The molecule has 0 aliphatic heterocycles. The fraction of sp³-hybridized carbons (Fsp3) is 0.263. The first-order valence-corrected chi connectivity index (χ1v) is 7.77. The predicted octanol–water partition coefficient (Wildman–Crippen LogP) is 3.97. The number of carbonyl (C=O) groups is 1. The summed E-state index contributed by atoms with van der Waals surface area (Å²) in [4.78, 5) is 12.1. The molecule has 1 N–H and O–H groups in total. The Hall–Kier alpha value is -2.62. The van der Waals surface area contributed by atoms with E-state index in [4.69, 9.17) is 4.74 Å². The average molecular weight is 310 g/mol. The third-order valence-electron chi connectivity index (χ3n) is 3.43. The molecule has 0 bridgehead atoms. The first-order chi connectivity index (χ1) is 11.1. The highest BCUT2D eigenvalue weighted by atomic mass is 16.5. The Morgan fingerprint density at radius 2 is 1.87 bits per heavy atom. The van der Waals surface area contributed by atoms with E-state index < -0.39 is 0 Å². The van der Waals surface area contributed by atoms with Crippen LogP contribution in [0, 0.1) is 0 Å². The van der Waals surface area contributed by atoms with Crippen molar-refractivity contribution in [3.8, 4) is 5.75 Å². The Morgan fingerprint density at radius 1 is 1.17 bits per heavy atom. The summed E-state index contributed by atoms with van der Waals surface area (Å²) in [6.45, 7) is 6.75. The summed E-state index contributed by atoms with van der Waals surface area (Å²) in [5, 5.41) is 4.01. The number of benzene rings is 2. The summed E-state index contributed by atoms with van der Waals surface area (Å²) in [6.07, 6.45) is 1.59. The van der Waals surface area contributed by atoms with E-state index in [-0.39, 0.29) is 5.91 Å². The lowest BCUT2D eigenvalue weighted by Crippen LogP contribution is -2.17. The number of para-hydroxylation sites is 1. The molecular weight excluding hydrogens is 288 g/mol. The van der Waals surface area contributed by atoms with Crippen LogP contribution >= 0.6 is 0 Å². The van der Waals surface area contributed by atoms with Crippen LogP contribution in [-0.4, -0.2) is 18.7 Å². The van der Waals surface area contributed by atoms with Gasteiger partial charge in [-0.15, -0.1) is 0 Å². The van der Waals surface area contributed by atoms with E-state index in [1.807, 2.05) is 55.5 Å². The fourth-order valence-corrected chi connectivity index (χ4v) is 2.12. The Balaban J connectivity index is 2.01. The standard InChI is InChI=1S/C19H22N2O2/c1-4-23-18-8-6-5-7-17(18)13-20-21-19(22)16-11-9-15(10-12-16)14(2)3/h5-14H,4H2,1-3H3,(H,21,22)/b20-13+. The minimum atomic E-state index is -0.231. The molecule has 0 fully saturated rings. The number of hydrazone groups is 1. The van der Waals surface area contributed by atoms with Crippen molar-refractivity contribution in [1.29, 1.82) is 0 Å². The van der Waals surface area contributed by atoms with Crippen molar-refractivity contribution in [3.63, 3.8) is 0 Å². The minimum absolute atomic E-state index is 0.231. The second-order valence-corrected chi connectivity index (χ2v) is 5.45. The van der Waals surface area contributed by atoms with Gasteiger partial charge in [0.2, 0.25) is 0 Å². The van der Waals surface area contributed by atoms with Crippen LogP contribution in [0.3, 0.4) is 0 Å². The van der Waals surface area contributed by atoms with Gasteiger partial charge in [-0.05, 0) is 42.7 Å². The molecule has 0 heterocycles. The molecular formula is C19H22N2O2. The van der Waals surface area contributed by atoms with Crippen LogP contribution in [-0.2, 0) is 0 Å². The molecule has 4 nitrogen and oxygen atoms in total. The topological polar surface area (TPSA) is 50.7 Å². The molecule has 2 aromatic rings. The molecule has 23 heavy (non-hydrogen) atoms. The summed E-state index contributed by atoms with van der Waals surface area (Å²) in [5.41, 5.74) is 5.16. The number of nitrogens with zero attached hydrogens (tertiary/aromatic N) is 1. The number of carbonyl (C=O) groups excluding carboxylic acids is 1. The number of nitrogens with one attached hydrogen (secondary N) is 1. The number of hydrogen-bond donors (Lipinski definition) is 1. The van der Waals surface area contributed by atoms with Gasteiger partial charge in [-0.25, -0.2) is 5.43 Å². The number of rotatable bonds is 6. The third-order valence-corrected chi connectivity index (χ3v) is 3.43. The molecule has 2 rings (SSSR count). The van der Waals surface area contributed by atoms with Gasteiger partial charge >= 0.3 is 0 Å². The predicted molar refractivity (Wildman–Crippen MR) is 93.2 cm³/mol. The molecule has 4 heteroatoms. The zero-order valence-corrected chi connectivity index (χ0v) is 13.7. The number of ether oxygens (including phenoxy) is 1. The lowest BCUT2D eigenvalue weighted by molar-refractivity contribution is 0.0955. The van der Waals surface area contributed by atoms with E-state index in [0.717, 1.165) is 11.3 Å². The van der Waals surface area contributed by atoms with E-state index in [9.17, 15) is 4.79 Å². The molecule has 0 radical (unpaired) electrons. The van der Waals surface area contributed by atoms with Crippen LogP contribution in [0.2, 0.25) is 0 Å². The molecule has 0 unspecified atom stereocenters. The molecule has 0 atom stereocenters. The van der Waals surface area contributed by atoms with E-state index in [1.54, 1.807) is 6.21 Å². The minimum Gasteiger partial charge on any atom is -0.493 e. The van der Waals surface area contributed by atoms with Crippen LogP contribution in [0.5, 0.6) is 5.75 Å². The zero-order valence-electron chi connectivity index (χ0n) is 13.7. The molecule has 0 saturated carbocycles. The van der Waals surface area contributed by atoms with Gasteiger partial charge in [-0.3, -0.25) is 4.79 Å². The van der Waals surface area contributed by atoms with Gasteiger partial charge in [-0.2, -0.15) is 5.10 Å². The van der Waals surface area contributed by atoms with Crippen molar-refractivity contribution in [1.82, 2.24) is 5.43 Å². The summed E-state index contributed by atoms with van der Waals surface area (Å²) in [7, 11) is 0. The molecule has 0 aromatic heterocycles. The lowest BCUT2D eigenvalue weighted by atomic mass is 10.0. The highest BCUT2D eigenvalue weighted by Gasteiger charge is 2.05. The van der Waals surface area contributed by atoms with E-state index in [0.29, 0.717) is 18.1 Å². The van der Waals surface area contributed by atoms with Crippen molar-refractivity contribution in [2.24, 2.45) is 5.10 Å². The van der Waals surface area contributed by atoms with Gasteiger partial charge in [-0.1, -0.05) is 38.1 Å². The average Bonchev–Trinajstić information content (AvgIpc) is 2.56. The first-order valence-electron chi connectivity index (χ1n) is 7.77. The Bertz CT molecular complexity index is 676. The van der Waals surface area contributed by atoms with E-state index in [1.165, 1.54) is 5.56 Å². The zero-order chi connectivity index (χ0) is 16.7. The Kier molecular flexibility index (Phi) is 5.92. The highest BCUT2D eigenvalue weighted by Crippen LogP contribution is 2.16. The molecule has 0 aliphatic rings. The van der Waals surface area contributed by atoms with Crippen molar-refractivity contribution in [3.05, 3.63) is 65.2 Å². The second-order valence-electron chi connectivity index (χ2n) is 5.45. The molecule has 120 valence electrons. The normalized spacial score (nSPS) is 11.0. The van der Waals surface area contributed by atoms with Gasteiger partial charge < -0.3 is 4.74 Å². The Labute approximate surface area is 137 Å². The summed E-state index contributed by atoms with van der Waals surface area (Å²) in [6, 6.07) is 15.1. The largest absolute Gasteiger partial charge is 0.493 e. The number of amides is 1. The van der Waals surface area contributed by atoms with E-state index >= 15 is 0 Å². The fourth-order valence-electron chi connectivity index (χ4n) is 2.12. The van der Waals surface area contributed by atoms with Crippen LogP contribution < -0.4 is 10.2 Å². The van der Waals surface area contributed by atoms with E-state index in [2.05, 4.69) is 24.4 Å². The van der Waals surface area contributed by atoms with Crippen LogP contribution in [0.15, 0.2) is 53.6 Å². The molecule has 2 aromatic carbocycles. The Morgan fingerprint density at radius 3 is 2.52 bits per heavy atom. The SMILES string of the molecule is CCOc1ccccc1/C=N/NC(=O)c1ccc(C(C)C)cc1. The number of hydrogen-bond acceptors (Lipinski definition) is 3. The van der Waals surface area contributed by atoms with Gasteiger partial charge in [0.1, 0.15) is 5.75 Å². The lowest BCUT2D eigenvalue weighted by Gasteiger charge is -2.07. The third kappa shape index (κ3) is 4.68. The van der Waals surface area contributed by atoms with Crippen LogP contribution in [0.4, 0.5) is 0 Å². The maximum Gasteiger partial charge on any atom is 0.271 e. The summed E-state index contributed by atoms with van der Waals surface area (Å²) >= 11 is 0. The van der Waals surface area contributed by atoms with Gasteiger partial charge in [0.05, 0.1) is 12.8 Å². The second kappa shape index (κ2) is 8.13. The molecule has 0 saturated heterocycles. The molecule has 1 amide bonds. The quantitative estimate of drug-likeness (QED) is 0.648. The highest BCUT2D eigenvalue weighted by molar-refractivity contribution is 5.95. The van der Waals surface area contributed by atoms with Crippen LogP contribution in [0.25, 0.3) is 0 Å². The summed E-state index contributed by atoms with van der Waals surface area (Å²) in [5.74, 6) is 0.958. The van der Waals surface area contributed by atoms with Crippen molar-refractivity contribution < 1.29 is 9.53 Å². The van der Waals surface area contributed by atoms with Crippen molar-refractivity contribution in [2.45, 2.75) is 26.7 Å². The van der Waals surface area contributed by atoms with Crippen molar-refractivity contribution >= 4 is 12.1 Å². The maximum atomic E-state index is 12.1. The first kappa shape index (κ1) is 16.7. The van der Waals surface area contributed by atoms with Gasteiger partial charge in [0.25, 0.3) is 5.91 Å². The molecule has 0 aliphatic carbocycles. The van der Waals surface area contributed by atoms with Gasteiger partial charge in [0.15, 0.2) is 0 Å². The maximum absolute atomic E-state index is 12.1. The smallest absolute Gasteiger partial charge is 0.271 e. The van der Waals surface area contributed by atoms with Crippen molar-refractivity contribution in [2.75, 3.05) is 6.61 Å². The molecule has 0 spiro atoms. The van der Waals surface area contributed by atoms with Crippen LogP contribution in [0.1, 0.15) is 48.2 Å². The summed E-state index contributed by atoms with van der Waals surface area (Å²) < 4.78 is 5.51. The van der Waals surface area contributed by atoms with Gasteiger partial charge in [0, 0.05) is 11.1 Å².